The summed E-state index contributed by atoms with van der Waals surface area (Å²) in [5.41, 5.74) is -0.463. The number of halogens is 3. The number of carbonyl (C=O) groups excluding carboxylic acids is 1. The number of aliphatic hydroxyl groups is 1. The summed E-state index contributed by atoms with van der Waals surface area (Å²) in [6.07, 6.45) is -5.38. The van der Waals surface area contributed by atoms with Gasteiger partial charge in [-0.25, -0.2) is 10.2 Å². The van der Waals surface area contributed by atoms with Crippen LogP contribution in [-0.2, 0) is 16.5 Å². The lowest BCUT2D eigenvalue weighted by molar-refractivity contribution is -0.140. The highest BCUT2D eigenvalue weighted by Gasteiger charge is 2.37. The number of benzene rings is 1. The third-order valence-corrected chi connectivity index (χ3v) is 2.94. The molecular formula is C13H13F3N2O3. The molecule has 1 aromatic rings. The zero-order chi connectivity index (χ0) is 15.8. The second kappa shape index (κ2) is 5.03. The van der Waals surface area contributed by atoms with E-state index in [1.165, 1.54) is 26.0 Å². The molecule has 0 bridgehead atoms. The summed E-state index contributed by atoms with van der Waals surface area (Å²) in [7, 11) is 0. The number of nitrogens with zero attached hydrogens (tertiary/aromatic N) is 1. The molecule has 0 saturated carbocycles. The number of hydrogen-bond donors (Lipinski definition) is 2. The quantitative estimate of drug-likeness (QED) is 0.881. The van der Waals surface area contributed by atoms with E-state index in [4.69, 9.17) is 0 Å². The third-order valence-electron chi connectivity index (χ3n) is 2.94. The van der Waals surface area contributed by atoms with Crippen LogP contribution in [0.25, 0.3) is 0 Å². The van der Waals surface area contributed by atoms with Gasteiger partial charge in [0, 0.05) is 5.56 Å². The molecule has 0 saturated heterocycles. The van der Waals surface area contributed by atoms with E-state index in [9.17, 15) is 23.1 Å². The lowest BCUT2D eigenvalue weighted by atomic mass is 9.90. The minimum Gasteiger partial charge on any atom is -0.442 e. The van der Waals surface area contributed by atoms with Gasteiger partial charge < -0.3 is 9.84 Å². The Morgan fingerprint density at radius 2 is 1.95 bits per heavy atom. The fourth-order valence-corrected chi connectivity index (χ4v) is 1.95. The van der Waals surface area contributed by atoms with Crippen LogP contribution in [0.3, 0.4) is 0 Å². The summed E-state index contributed by atoms with van der Waals surface area (Å²) in [6.45, 7) is 2.34. The van der Waals surface area contributed by atoms with Crippen molar-refractivity contribution in [2.75, 3.05) is 6.61 Å². The number of hydrogen-bond acceptors (Lipinski definition) is 4. The Hall–Kier alpha value is -2.09. The van der Waals surface area contributed by atoms with Crippen LogP contribution in [0.15, 0.2) is 23.3 Å². The van der Waals surface area contributed by atoms with Crippen molar-refractivity contribution in [1.82, 2.24) is 5.43 Å². The van der Waals surface area contributed by atoms with Gasteiger partial charge in [0.25, 0.3) is 0 Å². The van der Waals surface area contributed by atoms with Gasteiger partial charge in [-0.05, 0) is 25.5 Å². The topological polar surface area (TPSA) is 70.9 Å². The minimum absolute atomic E-state index is 0.162. The summed E-state index contributed by atoms with van der Waals surface area (Å²) in [4.78, 5) is 10.8. The molecular weight excluding hydrogens is 289 g/mol. The molecule has 2 rings (SSSR count). The lowest BCUT2D eigenvalue weighted by Crippen LogP contribution is -2.31. The molecule has 2 N–H and O–H groups in total. The first-order chi connectivity index (χ1) is 9.59. The Labute approximate surface area is 118 Å². The highest BCUT2D eigenvalue weighted by molar-refractivity contribution is 6.03. The number of nitrogens with one attached hydrogen (secondary N) is 1. The first kappa shape index (κ1) is 15.3. The van der Waals surface area contributed by atoms with Gasteiger partial charge in [0.1, 0.15) is 12.3 Å². The molecule has 114 valence electrons. The Morgan fingerprint density at radius 1 is 1.29 bits per heavy atom. The summed E-state index contributed by atoms with van der Waals surface area (Å²) >= 11 is 0. The molecule has 1 aliphatic rings. The molecule has 0 aromatic heterocycles. The van der Waals surface area contributed by atoms with Crippen LogP contribution in [0.5, 0.6) is 0 Å². The normalized spacial score (nSPS) is 16.1. The second-order valence-corrected chi connectivity index (χ2v) is 5.06. The SMILES string of the molecule is CC(C)(O)c1ccc(C2=NNC(=O)OC2)cc1C(F)(F)F. The van der Waals surface area contributed by atoms with E-state index in [1.807, 2.05) is 5.43 Å². The van der Waals surface area contributed by atoms with Crippen LogP contribution in [0.2, 0.25) is 0 Å². The van der Waals surface area contributed by atoms with E-state index in [1.54, 1.807) is 0 Å². The van der Waals surface area contributed by atoms with Crippen LogP contribution in [0, 0.1) is 0 Å². The van der Waals surface area contributed by atoms with Gasteiger partial charge in [-0.3, -0.25) is 0 Å². The molecule has 21 heavy (non-hydrogen) atoms. The van der Waals surface area contributed by atoms with E-state index in [2.05, 4.69) is 9.84 Å². The Bertz CT molecular complexity index is 604. The van der Waals surface area contributed by atoms with Gasteiger partial charge in [-0.1, -0.05) is 12.1 Å². The van der Waals surface area contributed by atoms with Crippen LogP contribution < -0.4 is 5.43 Å². The van der Waals surface area contributed by atoms with Crippen molar-refractivity contribution in [3.8, 4) is 0 Å². The highest BCUT2D eigenvalue weighted by atomic mass is 19.4. The average molecular weight is 302 g/mol. The maximum Gasteiger partial charge on any atom is 0.428 e. The Kier molecular flexibility index (Phi) is 3.66. The zero-order valence-electron chi connectivity index (χ0n) is 11.3. The van der Waals surface area contributed by atoms with Gasteiger partial charge in [0.05, 0.1) is 11.2 Å². The van der Waals surface area contributed by atoms with Gasteiger partial charge in [0.2, 0.25) is 0 Å². The van der Waals surface area contributed by atoms with Gasteiger partial charge in [-0.15, -0.1) is 0 Å². The summed E-state index contributed by atoms with van der Waals surface area (Å²) in [5, 5.41) is 13.5. The van der Waals surface area contributed by atoms with Gasteiger partial charge >= 0.3 is 12.3 Å². The van der Waals surface area contributed by atoms with Crippen LogP contribution >= 0.6 is 0 Å². The van der Waals surface area contributed by atoms with E-state index in [-0.39, 0.29) is 23.4 Å². The smallest absolute Gasteiger partial charge is 0.428 e. The summed E-state index contributed by atoms with van der Waals surface area (Å²) in [6, 6.07) is 3.46. The molecule has 1 aromatic carbocycles. The van der Waals surface area contributed by atoms with Crippen LogP contribution in [0.4, 0.5) is 18.0 Å². The molecule has 5 nitrogen and oxygen atoms in total. The van der Waals surface area contributed by atoms with Crippen molar-refractivity contribution < 1.29 is 27.8 Å². The Balaban J connectivity index is 2.50. The number of cyclic esters (lactones) is 1. The van der Waals surface area contributed by atoms with Gasteiger partial charge in [0.15, 0.2) is 0 Å². The molecule has 0 radical (unpaired) electrons. The number of rotatable bonds is 2. The van der Waals surface area contributed by atoms with Crippen LogP contribution in [-0.4, -0.2) is 23.5 Å². The van der Waals surface area contributed by atoms with E-state index >= 15 is 0 Å². The second-order valence-electron chi connectivity index (χ2n) is 5.06. The molecule has 0 aliphatic carbocycles. The molecule has 1 aliphatic heterocycles. The molecule has 0 atom stereocenters. The average Bonchev–Trinajstić information content (AvgIpc) is 2.37. The highest BCUT2D eigenvalue weighted by Crippen LogP contribution is 2.37. The van der Waals surface area contributed by atoms with Crippen LogP contribution in [0.1, 0.15) is 30.5 Å². The van der Waals surface area contributed by atoms with Crippen molar-refractivity contribution in [3.05, 3.63) is 34.9 Å². The monoisotopic (exact) mass is 302 g/mol. The lowest BCUT2D eigenvalue weighted by Gasteiger charge is -2.24. The predicted octanol–water partition coefficient (Wildman–Crippen LogP) is 2.38. The fourth-order valence-electron chi connectivity index (χ4n) is 1.95. The zero-order valence-corrected chi connectivity index (χ0v) is 11.3. The molecule has 0 fully saturated rings. The molecule has 1 heterocycles. The Morgan fingerprint density at radius 3 is 2.43 bits per heavy atom. The fraction of sp³-hybridized carbons (Fsp3) is 0.385. The van der Waals surface area contributed by atoms with Crippen molar-refractivity contribution in [1.29, 1.82) is 0 Å². The van der Waals surface area contributed by atoms with Crippen molar-refractivity contribution >= 4 is 11.8 Å². The van der Waals surface area contributed by atoms with Gasteiger partial charge in [-0.2, -0.15) is 18.3 Å². The maximum absolute atomic E-state index is 13.1. The van der Waals surface area contributed by atoms with E-state index in [0.717, 1.165) is 6.07 Å². The minimum atomic E-state index is -4.62. The van der Waals surface area contributed by atoms with Crippen molar-refractivity contribution in [2.45, 2.75) is 25.6 Å². The number of hydrazone groups is 1. The molecule has 1 amide bonds. The maximum atomic E-state index is 13.1. The largest absolute Gasteiger partial charge is 0.442 e. The standard InChI is InChI=1S/C13H13F3N2O3/c1-12(2,20)8-4-3-7(5-9(8)13(14,15)16)10-6-21-11(19)18-17-10/h3-5,20H,6H2,1-2H3,(H,18,19). The first-order valence-corrected chi connectivity index (χ1v) is 6.03. The van der Waals surface area contributed by atoms with Crippen molar-refractivity contribution in [3.63, 3.8) is 0 Å². The molecule has 0 spiro atoms. The summed E-state index contributed by atoms with van der Waals surface area (Å²) < 4.78 is 44.1. The molecule has 8 heteroatoms. The number of amides is 1. The van der Waals surface area contributed by atoms with E-state index < -0.39 is 23.4 Å². The number of alkyl halides is 3. The number of carbonyl (C=O) groups is 1. The third kappa shape index (κ3) is 3.33. The number of ether oxygens (including phenoxy) is 1. The summed E-state index contributed by atoms with van der Waals surface area (Å²) in [5.74, 6) is 0. The predicted molar refractivity (Wildman–Crippen MR) is 67.7 cm³/mol. The first-order valence-electron chi connectivity index (χ1n) is 6.03. The van der Waals surface area contributed by atoms with Crippen molar-refractivity contribution in [2.24, 2.45) is 5.10 Å². The van der Waals surface area contributed by atoms with E-state index in [0.29, 0.717) is 0 Å². The molecule has 0 unspecified atom stereocenters.